The number of amides is 2. The van der Waals surface area contributed by atoms with Crippen LogP contribution in [0.3, 0.4) is 0 Å². The quantitative estimate of drug-likeness (QED) is 0.858. The summed E-state index contributed by atoms with van der Waals surface area (Å²) in [7, 11) is 0. The van der Waals surface area contributed by atoms with E-state index < -0.39 is 0 Å². The van der Waals surface area contributed by atoms with Crippen molar-refractivity contribution in [3.05, 3.63) is 35.9 Å². The summed E-state index contributed by atoms with van der Waals surface area (Å²) < 4.78 is 0. The Bertz CT molecular complexity index is 513. The van der Waals surface area contributed by atoms with E-state index in [-0.39, 0.29) is 23.8 Å². The van der Waals surface area contributed by atoms with Crippen LogP contribution >= 0.6 is 0 Å². The SMILES string of the molecule is CCCC1CN(C(=O)C(C)C)CCN1C(=O)c1ccccc1. The largest absolute Gasteiger partial charge is 0.339 e. The highest BCUT2D eigenvalue weighted by Gasteiger charge is 2.32. The lowest BCUT2D eigenvalue weighted by atomic mass is 10.0. The Hall–Kier alpha value is -1.84. The molecular weight excluding hydrogens is 276 g/mol. The minimum absolute atomic E-state index is 0.0126. The number of hydrogen-bond donors (Lipinski definition) is 0. The topological polar surface area (TPSA) is 40.6 Å². The number of benzene rings is 1. The molecule has 1 unspecified atom stereocenters. The summed E-state index contributed by atoms with van der Waals surface area (Å²) >= 11 is 0. The zero-order valence-electron chi connectivity index (χ0n) is 13.8. The van der Waals surface area contributed by atoms with E-state index in [1.165, 1.54) is 0 Å². The van der Waals surface area contributed by atoms with Gasteiger partial charge in [0, 0.05) is 37.2 Å². The predicted molar refractivity (Wildman–Crippen MR) is 87.6 cm³/mol. The molecule has 2 amide bonds. The van der Waals surface area contributed by atoms with Crippen molar-refractivity contribution in [2.24, 2.45) is 5.92 Å². The summed E-state index contributed by atoms with van der Waals surface area (Å²) in [4.78, 5) is 28.8. The number of piperazine rings is 1. The van der Waals surface area contributed by atoms with Crippen molar-refractivity contribution < 1.29 is 9.59 Å². The highest BCUT2D eigenvalue weighted by atomic mass is 16.2. The zero-order valence-corrected chi connectivity index (χ0v) is 13.8. The van der Waals surface area contributed by atoms with E-state index in [0.29, 0.717) is 19.6 Å². The van der Waals surface area contributed by atoms with Crippen LogP contribution in [0.4, 0.5) is 0 Å². The summed E-state index contributed by atoms with van der Waals surface area (Å²) in [6.07, 6.45) is 1.94. The molecule has 0 aromatic heterocycles. The Morgan fingerprint density at radius 2 is 1.86 bits per heavy atom. The molecule has 0 saturated carbocycles. The van der Waals surface area contributed by atoms with Gasteiger partial charge in [-0.1, -0.05) is 45.4 Å². The third kappa shape index (κ3) is 3.67. The van der Waals surface area contributed by atoms with Crippen LogP contribution in [0.1, 0.15) is 44.0 Å². The summed E-state index contributed by atoms with van der Waals surface area (Å²) in [6, 6.07) is 9.53. The van der Waals surface area contributed by atoms with Gasteiger partial charge in [0.15, 0.2) is 0 Å². The lowest BCUT2D eigenvalue weighted by Crippen LogP contribution is -2.57. The Morgan fingerprint density at radius 1 is 1.18 bits per heavy atom. The van der Waals surface area contributed by atoms with Gasteiger partial charge in [-0.25, -0.2) is 0 Å². The summed E-state index contributed by atoms with van der Waals surface area (Å²) in [5.41, 5.74) is 0.729. The van der Waals surface area contributed by atoms with E-state index in [9.17, 15) is 9.59 Å². The van der Waals surface area contributed by atoms with Crippen molar-refractivity contribution in [2.75, 3.05) is 19.6 Å². The zero-order chi connectivity index (χ0) is 16.1. The van der Waals surface area contributed by atoms with Crippen molar-refractivity contribution >= 4 is 11.8 Å². The molecule has 1 aromatic carbocycles. The van der Waals surface area contributed by atoms with E-state index in [4.69, 9.17) is 0 Å². The number of carbonyl (C=O) groups excluding carboxylic acids is 2. The average Bonchev–Trinajstić information content (AvgIpc) is 2.54. The first-order valence-electron chi connectivity index (χ1n) is 8.19. The molecule has 4 nitrogen and oxygen atoms in total. The minimum Gasteiger partial charge on any atom is -0.339 e. The molecular formula is C18H26N2O2. The highest BCUT2D eigenvalue weighted by Crippen LogP contribution is 2.19. The Labute approximate surface area is 133 Å². The van der Waals surface area contributed by atoms with Gasteiger partial charge >= 0.3 is 0 Å². The molecule has 0 bridgehead atoms. The molecule has 120 valence electrons. The number of rotatable bonds is 4. The van der Waals surface area contributed by atoms with Crippen LogP contribution in [0, 0.1) is 5.92 Å². The van der Waals surface area contributed by atoms with Crippen LogP contribution < -0.4 is 0 Å². The molecule has 1 aliphatic rings. The first-order valence-corrected chi connectivity index (χ1v) is 8.19. The van der Waals surface area contributed by atoms with Gasteiger partial charge in [-0.05, 0) is 18.6 Å². The van der Waals surface area contributed by atoms with Crippen molar-refractivity contribution in [1.82, 2.24) is 9.80 Å². The minimum atomic E-state index is 0.0126. The molecule has 1 aliphatic heterocycles. The van der Waals surface area contributed by atoms with Crippen LogP contribution in [-0.2, 0) is 4.79 Å². The fraction of sp³-hybridized carbons (Fsp3) is 0.556. The van der Waals surface area contributed by atoms with Gasteiger partial charge in [-0.15, -0.1) is 0 Å². The first-order chi connectivity index (χ1) is 10.5. The van der Waals surface area contributed by atoms with Crippen molar-refractivity contribution in [2.45, 2.75) is 39.7 Å². The van der Waals surface area contributed by atoms with Gasteiger partial charge in [-0.3, -0.25) is 9.59 Å². The van der Waals surface area contributed by atoms with Gasteiger partial charge in [0.05, 0.1) is 0 Å². The molecule has 0 aliphatic carbocycles. The van der Waals surface area contributed by atoms with Crippen LogP contribution in [0.15, 0.2) is 30.3 Å². The Kier molecular flexibility index (Phi) is 5.58. The molecule has 1 aromatic rings. The second-order valence-electron chi connectivity index (χ2n) is 6.25. The molecule has 0 spiro atoms. The van der Waals surface area contributed by atoms with Crippen molar-refractivity contribution in [1.29, 1.82) is 0 Å². The van der Waals surface area contributed by atoms with Crippen LogP contribution in [-0.4, -0.2) is 47.3 Å². The maximum atomic E-state index is 12.7. The first kappa shape index (κ1) is 16.5. The van der Waals surface area contributed by atoms with Crippen molar-refractivity contribution in [3.63, 3.8) is 0 Å². The van der Waals surface area contributed by atoms with E-state index >= 15 is 0 Å². The maximum Gasteiger partial charge on any atom is 0.254 e. The summed E-state index contributed by atoms with van der Waals surface area (Å²) in [5, 5.41) is 0. The molecule has 22 heavy (non-hydrogen) atoms. The highest BCUT2D eigenvalue weighted by molar-refractivity contribution is 5.94. The van der Waals surface area contributed by atoms with Crippen LogP contribution in [0.5, 0.6) is 0 Å². The van der Waals surface area contributed by atoms with Crippen molar-refractivity contribution in [3.8, 4) is 0 Å². The van der Waals surface area contributed by atoms with Gasteiger partial charge in [0.1, 0.15) is 0 Å². The van der Waals surface area contributed by atoms with E-state index in [1.807, 2.05) is 54.0 Å². The fourth-order valence-corrected chi connectivity index (χ4v) is 3.01. The van der Waals surface area contributed by atoms with Gasteiger partial charge in [-0.2, -0.15) is 0 Å². The van der Waals surface area contributed by atoms with Crippen LogP contribution in [0.2, 0.25) is 0 Å². The van der Waals surface area contributed by atoms with Crippen LogP contribution in [0.25, 0.3) is 0 Å². The fourth-order valence-electron chi connectivity index (χ4n) is 3.01. The van der Waals surface area contributed by atoms with E-state index in [2.05, 4.69) is 6.92 Å². The number of hydrogen-bond acceptors (Lipinski definition) is 2. The number of nitrogens with zero attached hydrogens (tertiary/aromatic N) is 2. The smallest absolute Gasteiger partial charge is 0.254 e. The molecule has 2 rings (SSSR count). The summed E-state index contributed by atoms with van der Waals surface area (Å²) in [5.74, 6) is 0.280. The second-order valence-corrected chi connectivity index (χ2v) is 6.25. The van der Waals surface area contributed by atoms with E-state index in [1.54, 1.807) is 0 Å². The molecule has 0 radical (unpaired) electrons. The molecule has 1 saturated heterocycles. The van der Waals surface area contributed by atoms with Gasteiger partial charge < -0.3 is 9.80 Å². The Balaban J connectivity index is 2.12. The third-order valence-electron chi connectivity index (χ3n) is 4.19. The number of carbonyl (C=O) groups is 2. The van der Waals surface area contributed by atoms with Gasteiger partial charge in [0.25, 0.3) is 5.91 Å². The maximum absolute atomic E-state index is 12.7. The second kappa shape index (κ2) is 7.43. The van der Waals surface area contributed by atoms with E-state index in [0.717, 1.165) is 18.4 Å². The standard InChI is InChI=1S/C18H26N2O2/c1-4-8-16-13-19(17(21)14(2)3)11-12-20(16)18(22)15-9-6-5-7-10-15/h5-7,9-10,14,16H,4,8,11-13H2,1-3H3. The molecule has 1 fully saturated rings. The lowest BCUT2D eigenvalue weighted by molar-refractivity contribution is -0.137. The molecule has 1 heterocycles. The Morgan fingerprint density at radius 3 is 2.45 bits per heavy atom. The summed E-state index contributed by atoms with van der Waals surface area (Å²) in [6.45, 7) is 7.89. The van der Waals surface area contributed by atoms with Gasteiger partial charge in [0.2, 0.25) is 5.91 Å². The monoisotopic (exact) mass is 302 g/mol. The average molecular weight is 302 g/mol. The lowest BCUT2D eigenvalue weighted by Gasteiger charge is -2.42. The molecule has 0 N–H and O–H groups in total. The third-order valence-corrected chi connectivity index (χ3v) is 4.19. The normalized spacial score (nSPS) is 18.6. The molecule has 1 atom stereocenters. The molecule has 4 heteroatoms. The predicted octanol–water partition coefficient (Wildman–Crippen LogP) is 2.80.